The van der Waals surface area contributed by atoms with E-state index >= 15 is 0 Å². The highest BCUT2D eigenvalue weighted by atomic mass is 35.5. The number of oxime groups is 1. The minimum atomic E-state index is -0.160. The van der Waals surface area contributed by atoms with Crippen LogP contribution in [0.25, 0.3) is 0 Å². The molecule has 3 N–H and O–H groups in total. The predicted molar refractivity (Wildman–Crippen MR) is 87.7 cm³/mol. The third-order valence-corrected chi connectivity index (χ3v) is 4.13. The lowest BCUT2D eigenvalue weighted by Crippen LogP contribution is -2.39. The van der Waals surface area contributed by atoms with Crippen molar-refractivity contribution in [3.8, 4) is 0 Å². The highest BCUT2D eigenvalue weighted by Crippen LogP contribution is 2.23. The molecule has 6 heteroatoms. The molecule has 120 valence electrons. The molecule has 0 radical (unpaired) electrons. The molecule has 0 spiro atoms. The summed E-state index contributed by atoms with van der Waals surface area (Å²) < 4.78 is 0. The van der Waals surface area contributed by atoms with Gasteiger partial charge in [0.1, 0.15) is 0 Å². The molecule has 1 aromatic rings. The van der Waals surface area contributed by atoms with E-state index in [1.54, 1.807) is 24.3 Å². The molecule has 2 rings (SSSR count). The number of hydrogen-bond acceptors (Lipinski definition) is 3. The molecule has 1 fully saturated rings. The first-order valence-electron chi connectivity index (χ1n) is 7.55. The highest BCUT2D eigenvalue weighted by molar-refractivity contribution is 6.30. The zero-order valence-electron chi connectivity index (χ0n) is 12.7. The quantitative estimate of drug-likeness (QED) is 0.497. The molecule has 0 unspecified atom stereocenters. The van der Waals surface area contributed by atoms with Crippen LogP contribution in [0.15, 0.2) is 29.4 Å². The van der Waals surface area contributed by atoms with E-state index in [4.69, 9.17) is 22.2 Å². The van der Waals surface area contributed by atoms with Gasteiger partial charge >= 0.3 is 0 Å². The van der Waals surface area contributed by atoms with Gasteiger partial charge in [0.15, 0.2) is 12.4 Å². The van der Waals surface area contributed by atoms with E-state index < -0.39 is 0 Å². The molecular weight excluding hydrogens is 302 g/mol. The lowest BCUT2D eigenvalue weighted by molar-refractivity contribution is -0.126. The predicted octanol–water partition coefficient (Wildman–Crippen LogP) is 2.67. The molecule has 0 saturated heterocycles. The van der Waals surface area contributed by atoms with Gasteiger partial charge in [-0.1, -0.05) is 23.7 Å². The first kappa shape index (κ1) is 16.6. The number of nitrogens with one attached hydrogen (secondary N) is 1. The number of carbonyl (C=O) groups is 1. The van der Waals surface area contributed by atoms with Crippen LogP contribution in [0, 0.1) is 5.92 Å². The van der Waals surface area contributed by atoms with Gasteiger partial charge in [0.05, 0.1) is 0 Å². The summed E-state index contributed by atoms with van der Waals surface area (Å²) in [7, 11) is 0. The number of nitrogens with zero attached hydrogens (tertiary/aromatic N) is 1. The Kier molecular flexibility index (Phi) is 6.07. The Hall–Kier alpha value is -1.75. The summed E-state index contributed by atoms with van der Waals surface area (Å²) in [6.07, 6.45) is 4.38. The Morgan fingerprint density at radius 3 is 2.59 bits per heavy atom. The summed E-state index contributed by atoms with van der Waals surface area (Å²) in [6, 6.07) is 7.18. The summed E-state index contributed by atoms with van der Waals surface area (Å²) in [6.45, 7) is 2.12. The van der Waals surface area contributed by atoms with Crippen molar-refractivity contribution in [1.82, 2.24) is 5.32 Å². The lowest BCUT2D eigenvalue weighted by atomic mass is 9.87. The van der Waals surface area contributed by atoms with Crippen LogP contribution < -0.4 is 11.1 Å². The van der Waals surface area contributed by atoms with Crippen molar-refractivity contribution >= 4 is 23.3 Å². The topological polar surface area (TPSA) is 76.7 Å². The van der Waals surface area contributed by atoms with Gasteiger partial charge < -0.3 is 15.9 Å². The molecular formula is C16H22ClN3O2. The summed E-state index contributed by atoms with van der Waals surface area (Å²) in [5, 5.41) is 7.35. The summed E-state index contributed by atoms with van der Waals surface area (Å²) in [5.41, 5.74) is 6.48. The number of hydrogen-bond donors (Lipinski definition) is 2. The van der Waals surface area contributed by atoms with Crippen LogP contribution in [-0.4, -0.2) is 24.4 Å². The van der Waals surface area contributed by atoms with Crippen LogP contribution >= 0.6 is 11.6 Å². The molecule has 5 nitrogen and oxygen atoms in total. The fourth-order valence-electron chi connectivity index (χ4n) is 2.51. The van der Waals surface area contributed by atoms with Crippen molar-refractivity contribution in [2.75, 3.05) is 6.61 Å². The molecule has 1 amide bonds. The van der Waals surface area contributed by atoms with Gasteiger partial charge in [-0.25, -0.2) is 0 Å². The molecule has 1 aromatic carbocycles. The molecule has 22 heavy (non-hydrogen) atoms. The van der Waals surface area contributed by atoms with Gasteiger partial charge in [0.25, 0.3) is 5.91 Å². The van der Waals surface area contributed by atoms with Gasteiger partial charge in [0, 0.05) is 16.6 Å². The molecule has 1 aliphatic carbocycles. The number of nitrogens with two attached hydrogens (primary N) is 1. The fourth-order valence-corrected chi connectivity index (χ4v) is 2.63. The number of amides is 1. The third-order valence-electron chi connectivity index (χ3n) is 3.88. The number of benzene rings is 1. The number of carbonyl (C=O) groups excluding carboxylic acids is 1. The van der Waals surface area contributed by atoms with Crippen molar-refractivity contribution in [2.24, 2.45) is 16.8 Å². The van der Waals surface area contributed by atoms with Crippen molar-refractivity contribution in [2.45, 2.75) is 38.6 Å². The van der Waals surface area contributed by atoms with Crippen LogP contribution in [0.4, 0.5) is 0 Å². The summed E-state index contributed by atoms with van der Waals surface area (Å²) >= 11 is 5.80. The van der Waals surface area contributed by atoms with Crippen LogP contribution in [-0.2, 0) is 9.63 Å². The van der Waals surface area contributed by atoms with Crippen LogP contribution in [0.1, 0.15) is 38.2 Å². The van der Waals surface area contributed by atoms with Gasteiger partial charge in [-0.3, -0.25) is 4.79 Å². The average Bonchev–Trinajstić information content (AvgIpc) is 2.50. The maximum atomic E-state index is 11.8. The monoisotopic (exact) mass is 323 g/mol. The van der Waals surface area contributed by atoms with Crippen molar-refractivity contribution in [3.05, 3.63) is 34.9 Å². The fraction of sp³-hybridized carbons (Fsp3) is 0.500. The standard InChI is InChI=1S/C16H22ClN3O2/c1-11-2-8-14(9-3-11)19-15(21)10-22-20-16(18)12-4-6-13(17)7-5-12/h4-7,11,14H,2-3,8-10H2,1H3,(H2,18,20)(H,19,21). The first-order chi connectivity index (χ1) is 10.5. The van der Waals surface area contributed by atoms with Gasteiger partial charge in [0.2, 0.25) is 0 Å². The second kappa shape index (κ2) is 8.03. The summed E-state index contributed by atoms with van der Waals surface area (Å²) in [5.74, 6) is 0.816. The average molecular weight is 324 g/mol. The minimum absolute atomic E-state index is 0.125. The van der Waals surface area contributed by atoms with Gasteiger partial charge in [-0.15, -0.1) is 0 Å². The lowest BCUT2D eigenvalue weighted by Gasteiger charge is -2.26. The van der Waals surface area contributed by atoms with Crippen LogP contribution in [0.3, 0.4) is 0 Å². The highest BCUT2D eigenvalue weighted by Gasteiger charge is 2.19. The Balaban J connectivity index is 1.74. The Labute approximate surface area is 135 Å². The number of rotatable bonds is 5. The van der Waals surface area contributed by atoms with E-state index in [9.17, 15) is 4.79 Å². The van der Waals surface area contributed by atoms with E-state index in [1.807, 2.05) is 0 Å². The second-order valence-electron chi connectivity index (χ2n) is 5.78. The van der Waals surface area contributed by atoms with E-state index in [0.29, 0.717) is 10.6 Å². The van der Waals surface area contributed by atoms with Crippen molar-refractivity contribution in [1.29, 1.82) is 0 Å². The minimum Gasteiger partial charge on any atom is -0.384 e. The van der Waals surface area contributed by atoms with E-state index in [0.717, 1.165) is 31.6 Å². The Bertz CT molecular complexity index is 523. The number of amidine groups is 1. The molecule has 1 saturated carbocycles. The van der Waals surface area contributed by atoms with Crippen LogP contribution in [0.2, 0.25) is 5.02 Å². The van der Waals surface area contributed by atoms with E-state index in [2.05, 4.69) is 17.4 Å². The first-order valence-corrected chi connectivity index (χ1v) is 7.93. The SMILES string of the molecule is CC1CCC(NC(=O)CON=C(N)c2ccc(Cl)cc2)CC1. The molecule has 0 heterocycles. The maximum Gasteiger partial charge on any atom is 0.260 e. The molecule has 0 aromatic heterocycles. The van der Waals surface area contributed by atoms with E-state index in [1.165, 1.54) is 0 Å². The van der Waals surface area contributed by atoms with Gasteiger partial charge in [-0.05, 0) is 55.9 Å². The second-order valence-corrected chi connectivity index (χ2v) is 6.22. The summed E-state index contributed by atoms with van der Waals surface area (Å²) in [4.78, 5) is 16.8. The van der Waals surface area contributed by atoms with Crippen LogP contribution in [0.5, 0.6) is 0 Å². The molecule has 1 aliphatic rings. The van der Waals surface area contributed by atoms with E-state index in [-0.39, 0.29) is 24.4 Å². The molecule has 0 atom stereocenters. The molecule has 0 bridgehead atoms. The third kappa shape index (κ3) is 5.22. The van der Waals surface area contributed by atoms with Crippen molar-refractivity contribution in [3.63, 3.8) is 0 Å². The normalized spacial score (nSPS) is 22.2. The Morgan fingerprint density at radius 1 is 1.32 bits per heavy atom. The zero-order valence-corrected chi connectivity index (χ0v) is 13.5. The van der Waals surface area contributed by atoms with Crippen molar-refractivity contribution < 1.29 is 9.63 Å². The zero-order chi connectivity index (χ0) is 15.9. The smallest absolute Gasteiger partial charge is 0.260 e. The molecule has 0 aliphatic heterocycles. The Morgan fingerprint density at radius 2 is 1.95 bits per heavy atom. The largest absolute Gasteiger partial charge is 0.384 e. The maximum absolute atomic E-state index is 11.8. The van der Waals surface area contributed by atoms with Gasteiger partial charge in [-0.2, -0.15) is 0 Å². The number of halogens is 1.